The molecule has 0 aromatic carbocycles. The highest BCUT2D eigenvalue weighted by Gasteiger charge is 2.11. The van der Waals surface area contributed by atoms with Gasteiger partial charge in [-0.25, -0.2) is 14.8 Å². The molecule has 0 bridgehead atoms. The Morgan fingerprint density at radius 1 is 1.43 bits per heavy atom. The minimum absolute atomic E-state index is 0.0155. The van der Waals surface area contributed by atoms with Gasteiger partial charge < -0.3 is 15.0 Å². The van der Waals surface area contributed by atoms with Crippen molar-refractivity contribution in [1.82, 2.24) is 19.9 Å². The molecule has 2 N–H and O–H groups in total. The van der Waals surface area contributed by atoms with Gasteiger partial charge in [-0.2, -0.15) is 0 Å². The predicted molar refractivity (Wildman–Crippen MR) is 77.5 cm³/mol. The Bertz CT molecular complexity index is 656. The summed E-state index contributed by atoms with van der Waals surface area (Å²) in [6, 6.07) is 3.43. The number of imidazole rings is 1. The molecule has 0 fully saturated rings. The van der Waals surface area contributed by atoms with Gasteiger partial charge in [0.15, 0.2) is 5.69 Å². The van der Waals surface area contributed by atoms with Crippen molar-refractivity contribution in [2.45, 2.75) is 11.6 Å². The van der Waals surface area contributed by atoms with Gasteiger partial charge in [0.05, 0.1) is 11.9 Å². The van der Waals surface area contributed by atoms with E-state index in [-0.39, 0.29) is 11.6 Å². The second-order valence-corrected chi connectivity index (χ2v) is 4.91. The Morgan fingerprint density at radius 2 is 2.24 bits per heavy atom. The van der Waals surface area contributed by atoms with E-state index in [9.17, 15) is 9.59 Å². The lowest BCUT2D eigenvalue weighted by molar-refractivity contribution is 0.0690. The molecular weight excluding hydrogens is 292 g/mol. The first-order valence-corrected chi connectivity index (χ1v) is 7.36. The summed E-state index contributed by atoms with van der Waals surface area (Å²) in [6.45, 7) is 0.817. The Kier molecular flexibility index (Phi) is 4.94. The molecule has 8 heteroatoms. The summed E-state index contributed by atoms with van der Waals surface area (Å²) < 4.78 is 1.61. The lowest BCUT2D eigenvalue weighted by atomic mass is 10.2. The van der Waals surface area contributed by atoms with Crippen LogP contribution in [-0.4, -0.2) is 44.3 Å². The summed E-state index contributed by atoms with van der Waals surface area (Å²) >= 11 is 1.41. The molecular formula is C13H14N4O3S. The number of amides is 1. The summed E-state index contributed by atoms with van der Waals surface area (Å²) in [7, 11) is 0. The molecule has 110 valence electrons. The number of carboxylic acids is 1. The average Bonchev–Trinajstić information content (AvgIpc) is 2.96. The monoisotopic (exact) mass is 306 g/mol. The highest BCUT2D eigenvalue weighted by Crippen LogP contribution is 2.16. The van der Waals surface area contributed by atoms with E-state index in [1.165, 1.54) is 24.3 Å². The molecule has 0 saturated heterocycles. The molecule has 7 nitrogen and oxygen atoms in total. The minimum Gasteiger partial charge on any atom is -0.476 e. The number of thioether (sulfide) groups is 1. The van der Waals surface area contributed by atoms with E-state index in [4.69, 9.17) is 5.11 Å². The number of carbonyl (C=O) groups is 2. The number of aromatic nitrogens is 3. The largest absolute Gasteiger partial charge is 0.476 e. The number of nitrogens with one attached hydrogen (secondary N) is 1. The molecule has 2 aromatic rings. The first-order valence-electron chi connectivity index (χ1n) is 6.14. The maximum absolute atomic E-state index is 12.0. The Labute approximate surface area is 125 Å². The van der Waals surface area contributed by atoms with Crippen LogP contribution in [0.1, 0.15) is 20.8 Å². The predicted octanol–water partition coefficient (Wildman–Crippen LogP) is 1.13. The van der Waals surface area contributed by atoms with Crippen LogP contribution in [0.3, 0.4) is 0 Å². The van der Waals surface area contributed by atoms with E-state index in [0.29, 0.717) is 23.7 Å². The first-order chi connectivity index (χ1) is 10.1. The van der Waals surface area contributed by atoms with Crippen LogP contribution in [0, 0.1) is 0 Å². The number of hydrogen-bond donors (Lipinski definition) is 2. The molecule has 1 amide bonds. The molecule has 0 radical (unpaired) electrons. The van der Waals surface area contributed by atoms with Gasteiger partial charge in [-0.1, -0.05) is 0 Å². The first kappa shape index (κ1) is 15.0. The van der Waals surface area contributed by atoms with Crippen molar-refractivity contribution in [3.8, 4) is 0 Å². The van der Waals surface area contributed by atoms with Crippen molar-refractivity contribution >= 4 is 23.6 Å². The Balaban J connectivity index is 1.90. The molecule has 0 aliphatic rings. The van der Waals surface area contributed by atoms with Crippen molar-refractivity contribution < 1.29 is 14.7 Å². The molecule has 2 heterocycles. The summed E-state index contributed by atoms with van der Waals surface area (Å²) in [5, 5.41) is 12.2. The highest BCUT2D eigenvalue weighted by molar-refractivity contribution is 7.98. The Morgan fingerprint density at radius 3 is 2.90 bits per heavy atom. The highest BCUT2D eigenvalue weighted by atomic mass is 32.2. The van der Waals surface area contributed by atoms with Crippen LogP contribution in [0.15, 0.2) is 35.9 Å². The van der Waals surface area contributed by atoms with Crippen LogP contribution in [0.2, 0.25) is 0 Å². The topological polar surface area (TPSA) is 97.1 Å². The number of aromatic carboxylic acids is 1. The third-order valence-electron chi connectivity index (χ3n) is 2.72. The zero-order valence-corrected chi connectivity index (χ0v) is 12.1. The molecule has 2 aromatic heterocycles. The van der Waals surface area contributed by atoms with Crippen LogP contribution in [0.25, 0.3) is 0 Å². The van der Waals surface area contributed by atoms with Crippen molar-refractivity contribution in [1.29, 1.82) is 0 Å². The summed E-state index contributed by atoms with van der Waals surface area (Å²) in [4.78, 5) is 30.6. The fourth-order valence-corrected chi connectivity index (χ4v) is 2.26. The summed E-state index contributed by atoms with van der Waals surface area (Å²) in [5.41, 5.74) is 0.514. The number of nitrogens with zero attached hydrogens (tertiary/aromatic N) is 3. The van der Waals surface area contributed by atoms with E-state index < -0.39 is 5.97 Å². The maximum atomic E-state index is 12.0. The second-order valence-electron chi connectivity index (χ2n) is 4.12. The van der Waals surface area contributed by atoms with E-state index in [1.807, 2.05) is 6.26 Å². The van der Waals surface area contributed by atoms with Crippen LogP contribution in [-0.2, 0) is 6.54 Å². The average molecular weight is 306 g/mol. The van der Waals surface area contributed by atoms with Gasteiger partial charge in [-0.05, 0) is 18.4 Å². The molecule has 2 rings (SSSR count). The maximum Gasteiger partial charge on any atom is 0.356 e. The number of hydrogen-bond acceptors (Lipinski definition) is 5. The van der Waals surface area contributed by atoms with Crippen LogP contribution >= 0.6 is 11.8 Å². The normalized spacial score (nSPS) is 10.3. The van der Waals surface area contributed by atoms with E-state index in [1.54, 1.807) is 22.9 Å². The van der Waals surface area contributed by atoms with Crippen molar-refractivity contribution in [2.24, 2.45) is 0 Å². The number of carbonyl (C=O) groups excluding carboxylic acids is 1. The van der Waals surface area contributed by atoms with Gasteiger partial charge in [0.2, 0.25) is 0 Å². The van der Waals surface area contributed by atoms with Gasteiger partial charge in [0.1, 0.15) is 5.03 Å². The van der Waals surface area contributed by atoms with E-state index in [2.05, 4.69) is 15.3 Å². The molecule has 0 unspecified atom stereocenters. The molecule has 0 atom stereocenters. The van der Waals surface area contributed by atoms with Gasteiger partial charge in [0.25, 0.3) is 5.91 Å². The summed E-state index contributed by atoms with van der Waals surface area (Å²) in [5.74, 6) is -1.27. The van der Waals surface area contributed by atoms with Crippen molar-refractivity contribution in [3.05, 3.63) is 42.1 Å². The molecule has 0 aliphatic carbocycles. The fourth-order valence-electron chi connectivity index (χ4n) is 1.71. The molecule has 0 spiro atoms. The lowest BCUT2D eigenvalue weighted by Gasteiger charge is -2.08. The number of rotatable bonds is 6. The van der Waals surface area contributed by atoms with Crippen LogP contribution in [0.4, 0.5) is 0 Å². The van der Waals surface area contributed by atoms with Crippen molar-refractivity contribution in [3.63, 3.8) is 0 Å². The van der Waals surface area contributed by atoms with Crippen molar-refractivity contribution in [2.75, 3.05) is 12.8 Å². The lowest BCUT2D eigenvalue weighted by Crippen LogP contribution is -2.27. The van der Waals surface area contributed by atoms with Gasteiger partial charge in [-0.3, -0.25) is 4.79 Å². The minimum atomic E-state index is -1.07. The summed E-state index contributed by atoms with van der Waals surface area (Å²) in [6.07, 6.45) is 6.35. The van der Waals surface area contributed by atoms with Gasteiger partial charge >= 0.3 is 5.97 Å². The third kappa shape index (κ3) is 3.82. The SMILES string of the molecule is CSc1ncccc1C(=O)NCCn1cnc(C(=O)O)c1. The van der Waals surface area contributed by atoms with Crippen LogP contribution in [0.5, 0.6) is 0 Å². The van der Waals surface area contributed by atoms with Crippen LogP contribution < -0.4 is 5.32 Å². The Hall–Kier alpha value is -2.35. The standard InChI is InChI=1S/C13H14N4O3S/c1-21-12-9(3-2-4-15-12)11(18)14-5-6-17-7-10(13(19)20)16-8-17/h2-4,7-8H,5-6H2,1H3,(H,14,18)(H,19,20). The quantitative estimate of drug-likeness (QED) is 0.776. The number of carboxylic acid groups (broad SMARTS) is 1. The zero-order valence-electron chi connectivity index (χ0n) is 11.3. The van der Waals surface area contributed by atoms with Gasteiger partial charge in [-0.15, -0.1) is 11.8 Å². The van der Waals surface area contributed by atoms with E-state index >= 15 is 0 Å². The molecule has 0 aliphatic heterocycles. The third-order valence-corrected chi connectivity index (χ3v) is 3.43. The second kappa shape index (κ2) is 6.89. The number of pyridine rings is 1. The van der Waals surface area contributed by atoms with E-state index in [0.717, 1.165) is 0 Å². The van der Waals surface area contributed by atoms with Gasteiger partial charge in [0, 0.05) is 25.5 Å². The molecule has 0 saturated carbocycles. The zero-order chi connectivity index (χ0) is 15.2. The fraction of sp³-hybridized carbons (Fsp3) is 0.231. The smallest absolute Gasteiger partial charge is 0.356 e. The molecule has 21 heavy (non-hydrogen) atoms.